The van der Waals surface area contributed by atoms with E-state index in [9.17, 15) is 18.0 Å². The molecule has 3 nitrogen and oxygen atoms in total. The largest absolute Gasteiger partial charge is 0.418 e. The number of hydrogen-bond donors (Lipinski definition) is 1. The number of fused-ring (bicyclic) bond motifs is 1. The number of anilines is 1. The fourth-order valence-electron chi connectivity index (χ4n) is 3.38. The second-order valence-electron chi connectivity index (χ2n) is 6.40. The molecule has 1 N–H and O–H groups in total. The summed E-state index contributed by atoms with van der Waals surface area (Å²) in [7, 11) is 1.80. The van der Waals surface area contributed by atoms with Crippen molar-refractivity contribution >= 4 is 23.2 Å². The van der Waals surface area contributed by atoms with Gasteiger partial charge in [-0.3, -0.25) is 9.69 Å². The third-order valence-electron chi connectivity index (χ3n) is 4.59. The number of carbonyl (C=O) groups excluding carboxylic acids is 1. The van der Waals surface area contributed by atoms with Crippen molar-refractivity contribution in [3.8, 4) is 0 Å². The van der Waals surface area contributed by atoms with Crippen LogP contribution in [0.15, 0.2) is 42.5 Å². The van der Waals surface area contributed by atoms with Gasteiger partial charge < -0.3 is 5.32 Å². The SMILES string of the molecule is CN(CC(=O)Nc1ccc(Cl)cc1C(F)(F)F)[C@H]1CCc2ccccc21. The minimum atomic E-state index is -4.59. The molecule has 138 valence electrons. The molecule has 0 bridgehead atoms. The zero-order valence-electron chi connectivity index (χ0n) is 14.1. The van der Waals surface area contributed by atoms with Crippen LogP contribution in [0.1, 0.15) is 29.2 Å². The average Bonchev–Trinajstić information content (AvgIpc) is 2.99. The van der Waals surface area contributed by atoms with Crippen molar-refractivity contribution in [3.05, 3.63) is 64.2 Å². The van der Waals surface area contributed by atoms with Gasteiger partial charge in [0.1, 0.15) is 0 Å². The fourth-order valence-corrected chi connectivity index (χ4v) is 3.55. The van der Waals surface area contributed by atoms with Gasteiger partial charge in [-0.25, -0.2) is 0 Å². The Morgan fingerprint density at radius 3 is 2.73 bits per heavy atom. The predicted octanol–water partition coefficient (Wildman–Crippen LogP) is 4.92. The summed E-state index contributed by atoms with van der Waals surface area (Å²) in [5.74, 6) is -0.496. The highest BCUT2D eigenvalue weighted by molar-refractivity contribution is 6.30. The first-order chi connectivity index (χ1) is 12.3. The standard InChI is InChI=1S/C19H18ClF3N2O/c1-25(17-9-6-12-4-2-3-5-14(12)17)11-18(26)24-16-8-7-13(20)10-15(16)19(21,22)23/h2-5,7-8,10,17H,6,9,11H2,1H3,(H,24,26)/t17-/m0/s1. The Morgan fingerprint density at radius 1 is 1.27 bits per heavy atom. The molecule has 0 heterocycles. The van der Waals surface area contributed by atoms with Crippen LogP contribution in [-0.2, 0) is 17.4 Å². The number of rotatable bonds is 4. The average molecular weight is 383 g/mol. The highest BCUT2D eigenvalue weighted by Crippen LogP contribution is 2.37. The second-order valence-corrected chi connectivity index (χ2v) is 6.84. The maximum Gasteiger partial charge on any atom is 0.418 e. The molecule has 1 aliphatic rings. The van der Waals surface area contributed by atoms with Crippen molar-refractivity contribution < 1.29 is 18.0 Å². The molecule has 0 radical (unpaired) electrons. The molecule has 0 fully saturated rings. The van der Waals surface area contributed by atoms with Crippen LogP contribution in [0.5, 0.6) is 0 Å². The summed E-state index contributed by atoms with van der Waals surface area (Å²) in [5.41, 5.74) is 1.19. The number of likely N-dealkylation sites (N-methyl/N-ethyl adjacent to an activating group) is 1. The van der Waals surface area contributed by atoms with Crippen LogP contribution >= 0.6 is 11.6 Å². The lowest BCUT2D eigenvalue weighted by atomic mass is 10.1. The number of amides is 1. The number of aryl methyl sites for hydroxylation is 1. The van der Waals surface area contributed by atoms with E-state index in [1.54, 1.807) is 7.05 Å². The van der Waals surface area contributed by atoms with Gasteiger partial charge in [0, 0.05) is 11.1 Å². The van der Waals surface area contributed by atoms with Gasteiger partial charge in [-0.2, -0.15) is 13.2 Å². The predicted molar refractivity (Wildman–Crippen MR) is 95.2 cm³/mol. The van der Waals surface area contributed by atoms with E-state index in [2.05, 4.69) is 11.4 Å². The number of halogens is 4. The first-order valence-corrected chi connectivity index (χ1v) is 8.58. The first kappa shape index (κ1) is 18.7. The molecule has 2 aromatic rings. The summed E-state index contributed by atoms with van der Waals surface area (Å²) < 4.78 is 39.4. The van der Waals surface area contributed by atoms with Crippen LogP contribution < -0.4 is 5.32 Å². The van der Waals surface area contributed by atoms with E-state index in [1.165, 1.54) is 23.3 Å². The highest BCUT2D eigenvalue weighted by Gasteiger charge is 2.34. The molecule has 0 saturated heterocycles. The third-order valence-corrected chi connectivity index (χ3v) is 4.82. The summed E-state index contributed by atoms with van der Waals surface area (Å²) in [4.78, 5) is 14.2. The summed E-state index contributed by atoms with van der Waals surface area (Å²) in [5, 5.41) is 2.33. The molecule has 0 unspecified atom stereocenters. The number of nitrogens with one attached hydrogen (secondary N) is 1. The van der Waals surface area contributed by atoms with Crippen LogP contribution in [0.3, 0.4) is 0 Å². The molecule has 1 amide bonds. The molecule has 0 spiro atoms. The van der Waals surface area contributed by atoms with Crippen molar-refractivity contribution in [3.63, 3.8) is 0 Å². The Morgan fingerprint density at radius 2 is 2.00 bits per heavy atom. The number of benzene rings is 2. The second kappa shape index (κ2) is 7.29. The van der Waals surface area contributed by atoms with Crippen LogP contribution in [0.2, 0.25) is 5.02 Å². The Labute approximate surface area is 154 Å². The van der Waals surface area contributed by atoms with Gasteiger partial charge in [0.2, 0.25) is 5.91 Å². The quantitative estimate of drug-likeness (QED) is 0.814. The Hall–Kier alpha value is -2.05. The van der Waals surface area contributed by atoms with E-state index in [-0.39, 0.29) is 23.3 Å². The van der Waals surface area contributed by atoms with Gasteiger partial charge in [0.25, 0.3) is 0 Å². The van der Waals surface area contributed by atoms with E-state index < -0.39 is 17.6 Å². The van der Waals surface area contributed by atoms with E-state index >= 15 is 0 Å². The molecule has 1 atom stereocenters. The number of alkyl halides is 3. The lowest BCUT2D eigenvalue weighted by Gasteiger charge is -2.25. The van der Waals surface area contributed by atoms with Gasteiger partial charge >= 0.3 is 6.18 Å². The molecule has 3 rings (SSSR count). The molecular weight excluding hydrogens is 365 g/mol. The van der Waals surface area contributed by atoms with Gasteiger partial charge in [-0.1, -0.05) is 35.9 Å². The van der Waals surface area contributed by atoms with Crippen LogP contribution in [0, 0.1) is 0 Å². The zero-order chi connectivity index (χ0) is 18.9. The monoisotopic (exact) mass is 382 g/mol. The maximum absolute atomic E-state index is 13.1. The minimum absolute atomic E-state index is 0.00107. The van der Waals surface area contributed by atoms with Gasteiger partial charge in [0.05, 0.1) is 17.8 Å². The molecule has 0 aromatic heterocycles. The molecule has 26 heavy (non-hydrogen) atoms. The summed E-state index contributed by atoms with van der Waals surface area (Å²) in [6.45, 7) is -0.00107. The minimum Gasteiger partial charge on any atom is -0.324 e. The number of nitrogens with zero attached hydrogens (tertiary/aromatic N) is 1. The summed E-state index contributed by atoms with van der Waals surface area (Å²) in [6, 6.07) is 11.4. The Balaban J connectivity index is 1.70. The number of carbonyl (C=O) groups is 1. The maximum atomic E-state index is 13.1. The molecule has 2 aromatic carbocycles. The lowest BCUT2D eigenvalue weighted by molar-refractivity contribution is -0.137. The lowest BCUT2D eigenvalue weighted by Crippen LogP contribution is -2.33. The summed E-state index contributed by atoms with van der Waals surface area (Å²) >= 11 is 5.66. The van der Waals surface area contributed by atoms with Crippen molar-refractivity contribution in [1.29, 1.82) is 0 Å². The summed E-state index contributed by atoms with van der Waals surface area (Å²) in [6.07, 6.45) is -2.77. The van der Waals surface area contributed by atoms with Gasteiger partial charge in [0.15, 0.2) is 0 Å². The van der Waals surface area contributed by atoms with Crippen LogP contribution in [0.4, 0.5) is 18.9 Å². The topological polar surface area (TPSA) is 32.3 Å². The first-order valence-electron chi connectivity index (χ1n) is 8.20. The van der Waals surface area contributed by atoms with Crippen LogP contribution in [-0.4, -0.2) is 24.4 Å². The third kappa shape index (κ3) is 4.02. The van der Waals surface area contributed by atoms with Gasteiger partial charge in [-0.05, 0) is 49.2 Å². The highest BCUT2D eigenvalue weighted by atomic mass is 35.5. The molecule has 0 saturated carbocycles. The van der Waals surface area contributed by atoms with E-state index in [0.29, 0.717) is 0 Å². The normalized spacial score (nSPS) is 16.6. The van der Waals surface area contributed by atoms with E-state index in [0.717, 1.165) is 18.9 Å². The van der Waals surface area contributed by atoms with E-state index in [4.69, 9.17) is 11.6 Å². The van der Waals surface area contributed by atoms with Crippen molar-refractivity contribution in [1.82, 2.24) is 4.90 Å². The molecule has 0 aliphatic heterocycles. The van der Waals surface area contributed by atoms with Crippen molar-refractivity contribution in [2.24, 2.45) is 0 Å². The number of hydrogen-bond acceptors (Lipinski definition) is 2. The molecule has 1 aliphatic carbocycles. The fraction of sp³-hybridized carbons (Fsp3) is 0.316. The zero-order valence-corrected chi connectivity index (χ0v) is 14.9. The Kier molecular flexibility index (Phi) is 5.25. The molecule has 7 heteroatoms. The smallest absolute Gasteiger partial charge is 0.324 e. The van der Waals surface area contributed by atoms with Crippen LogP contribution in [0.25, 0.3) is 0 Å². The molecular formula is C19H18ClF3N2O. The Bertz CT molecular complexity index is 823. The van der Waals surface area contributed by atoms with Crippen molar-refractivity contribution in [2.75, 3.05) is 18.9 Å². The van der Waals surface area contributed by atoms with E-state index in [1.807, 2.05) is 23.1 Å². The van der Waals surface area contributed by atoms with Crippen molar-refractivity contribution in [2.45, 2.75) is 25.1 Å². The van der Waals surface area contributed by atoms with Gasteiger partial charge in [-0.15, -0.1) is 0 Å².